The Morgan fingerprint density at radius 3 is 1.06 bits per heavy atom. The summed E-state index contributed by atoms with van der Waals surface area (Å²) in [5, 5.41) is 0. The van der Waals surface area contributed by atoms with Crippen LogP contribution in [0.3, 0.4) is 0 Å². The SMILES string of the molecule is CCN=C=O.CCN=C=O.c1ccccc1. The van der Waals surface area contributed by atoms with Crippen LogP contribution in [0.25, 0.3) is 0 Å². The zero-order chi connectivity index (χ0) is 12.5. The van der Waals surface area contributed by atoms with E-state index in [9.17, 15) is 0 Å². The molecule has 0 amide bonds. The fourth-order valence-corrected chi connectivity index (χ4v) is 0.514. The van der Waals surface area contributed by atoms with Gasteiger partial charge in [0.05, 0.1) is 0 Å². The summed E-state index contributed by atoms with van der Waals surface area (Å²) in [4.78, 5) is 24.6. The van der Waals surface area contributed by atoms with E-state index in [-0.39, 0.29) is 0 Å². The van der Waals surface area contributed by atoms with Crippen LogP contribution in [0, 0.1) is 0 Å². The minimum atomic E-state index is 0.545. The largest absolute Gasteiger partial charge is 0.234 e. The molecule has 4 heteroatoms. The molecule has 0 fully saturated rings. The van der Waals surface area contributed by atoms with Gasteiger partial charge >= 0.3 is 0 Å². The minimum Gasteiger partial charge on any atom is -0.211 e. The average Bonchev–Trinajstić information content (AvgIpc) is 2.35. The lowest BCUT2D eigenvalue weighted by Crippen LogP contribution is -1.58. The summed E-state index contributed by atoms with van der Waals surface area (Å²) < 4.78 is 0. The number of nitrogens with zero attached hydrogens (tertiary/aromatic N) is 2. The second-order valence-corrected chi connectivity index (χ2v) is 2.29. The molecule has 0 heterocycles. The second kappa shape index (κ2) is 18.7. The number of aliphatic imine (C=N–C) groups is 2. The third-order valence-electron chi connectivity index (χ3n) is 1.11. The Labute approximate surface area is 95.7 Å². The van der Waals surface area contributed by atoms with Crippen LogP contribution in [0.2, 0.25) is 0 Å². The normalized spacial score (nSPS) is 6.62. The van der Waals surface area contributed by atoms with Crippen LogP contribution >= 0.6 is 0 Å². The first-order valence-corrected chi connectivity index (χ1v) is 4.90. The van der Waals surface area contributed by atoms with Gasteiger partial charge in [-0.2, -0.15) is 0 Å². The Bertz CT molecular complexity index is 268. The van der Waals surface area contributed by atoms with E-state index in [4.69, 9.17) is 9.59 Å². The van der Waals surface area contributed by atoms with E-state index in [2.05, 4.69) is 9.98 Å². The van der Waals surface area contributed by atoms with Gasteiger partial charge in [0.25, 0.3) is 0 Å². The lowest BCUT2D eigenvalue weighted by Gasteiger charge is -1.69. The molecule has 1 aromatic carbocycles. The van der Waals surface area contributed by atoms with E-state index < -0.39 is 0 Å². The van der Waals surface area contributed by atoms with Gasteiger partial charge in [-0.3, -0.25) is 0 Å². The summed E-state index contributed by atoms with van der Waals surface area (Å²) in [6.45, 7) is 4.66. The van der Waals surface area contributed by atoms with Gasteiger partial charge in [0.15, 0.2) is 0 Å². The molecule has 0 bridgehead atoms. The Hall–Kier alpha value is -2.02. The molecule has 0 aliphatic rings. The molecule has 0 atom stereocenters. The molecule has 0 aliphatic heterocycles. The van der Waals surface area contributed by atoms with Crippen molar-refractivity contribution < 1.29 is 9.59 Å². The monoisotopic (exact) mass is 220 g/mol. The highest BCUT2D eigenvalue weighted by molar-refractivity contribution is 5.32. The third-order valence-corrected chi connectivity index (χ3v) is 1.11. The first-order chi connectivity index (χ1) is 7.83. The highest BCUT2D eigenvalue weighted by Gasteiger charge is 1.57. The summed E-state index contributed by atoms with van der Waals surface area (Å²) in [5.74, 6) is 0. The van der Waals surface area contributed by atoms with E-state index in [1.165, 1.54) is 12.2 Å². The van der Waals surface area contributed by atoms with Crippen molar-refractivity contribution in [2.75, 3.05) is 13.1 Å². The Balaban J connectivity index is 0. The maximum absolute atomic E-state index is 9.11. The van der Waals surface area contributed by atoms with E-state index in [1.54, 1.807) is 13.8 Å². The van der Waals surface area contributed by atoms with E-state index in [0.29, 0.717) is 13.1 Å². The number of benzene rings is 1. The van der Waals surface area contributed by atoms with Crippen molar-refractivity contribution in [3.8, 4) is 0 Å². The average molecular weight is 220 g/mol. The lowest BCUT2D eigenvalue weighted by atomic mass is 10.4. The van der Waals surface area contributed by atoms with Gasteiger partial charge in [-0.05, 0) is 13.8 Å². The highest BCUT2D eigenvalue weighted by atomic mass is 16.1. The topological polar surface area (TPSA) is 58.9 Å². The Morgan fingerprint density at radius 1 is 0.750 bits per heavy atom. The number of carbonyl (C=O) groups excluding carboxylic acids is 2. The van der Waals surface area contributed by atoms with Crippen molar-refractivity contribution in [2.24, 2.45) is 9.98 Å². The first kappa shape index (κ1) is 16.4. The predicted molar refractivity (Wildman–Crippen MR) is 63.8 cm³/mol. The molecule has 86 valence electrons. The van der Waals surface area contributed by atoms with Crippen molar-refractivity contribution in [1.29, 1.82) is 0 Å². The molecular weight excluding hydrogens is 204 g/mol. The zero-order valence-electron chi connectivity index (χ0n) is 9.59. The van der Waals surface area contributed by atoms with Crippen molar-refractivity contribution in [3.05, 3.63) is 36.4 Å². The van der Waals surface area contributed by atoms with Gasteiger partial charge in [0, 0.05) is 13.1 Å². The smallest absolute Gasteiger partial charge is 0.211 e. The van der Waals surface area contributed by atoms with Crippen molar-refractivity contribution in [2.45, 2.75) is 13.8 Å². The third kappa shape index (κ3) is 22.7. The summed E-state index contributed by atoms with van der Waals surface area (Å²) >= 11 is 0. The molecule has 0 saturated heterocycles. The quantitative estimate of drug-likeness (QED) is 0.567. The summed E-state index contributed by atoms with van der Waals surface area (Å²) in [6.07, 6.45) is 2.78. The fraction of sp³-hybridized carbons (Fsp3) is 0.333. The lowest BCUT2D eigenvalue weighted by molar-refractivity contribution is 0.562. The standard InChI is InChI=1S/C6H6.2C3H5NO/c1-2-4-6-5-3-1;2*1-2-4-3-5/h1-6H;2*2H2,1H3. The molecule has 0 aliphatic carbocycles. The molecule has 0 spiro atoms. The van der Waals surface area contributed by atoms with Crippen LogP contribution < -0.4 is 0 Å². The number of rotatable bonds is 2. The van der Waals surface area contributed by atoms with Gasteiger partial charge in [-0.1, -0.05) is 36.4 Å². The van der Waals surface area contributed by atoms with Gasteiger partial charge in [-0.15, -0.1) is 0 Å². The molecule has 1 aromatic rings. The minimum absolute atomic E-state index is 0.545. The Kier molecular flexibility index (Phi) is 19.2. The van der Waals surface area contributed by atoms with Crippen LogP contribution in [-0.2, 0) is 9.59 Å². The highest BCUT2D eigenvalue weighted by Crippen LogP contribution is 1.79. The van der Waals surface area contributed by atoms with Gasteiger partial charge in [0.1, 0.15) is 0 Å². The van der Waals surface area contributed by atoms with E-state index in [1.807, 2.05) is 36.4 Å². The summed E-state index contributed by atoms with van der Waals surface area (Å²) in [6, 6.07) is 12.0. The number of hydrogen-bond donors (Lipinski definition) is 0. The molecule has 4 nitrogen and oxygen atoms in total. The summed E-state index contributed by atoms with van der Waals surface area (Å²) in [7, 11) is 0. The van der Waals surface area contributed by atoms with Crippen LogP contribution in [0.15, 0.2) is 46.4 Å². The molecule has 0 saturated carbocycles. The molecule has 0 aromatic heterocycles. The van der Waals surface area contributed by atoms with Crippen molar-refractivity contribution in [3.63, 3.8) is 0 Å². The number of hydrogen-bond acceptors (Lipinski definition) is 4. The van der Waals surface area contributed by atoms with Crippen LogP contribution in [0.4, 0.5) is 0 Å². The van der Waals surface area contributed by atoms with Gasteiger partial charge in [-0.25, -0.2) is 19.6 Å². The van der Waals surface area contributed by atoms with Gasteiger partial charge in [0.2, 0.25) is 12.2 Å². The molecule has 16 heavy (non-hydrogen) atoms. The van der Waals surface area contributed by atoms with E-state index in [0.717, 1.165) is 0 Å². The maximum Gasteiger partial charge on any atom is 0.234 e. The van der Waals surface area contributed by atoms with E-state index >= 15 is 0 Å². The summed E-state index contributed by atoms with van der Waals surface area (Å²) in [5.41, 5.74) is 0. The molecule has 0 unspecified atom stereocenters. The predicted octanol–water partition coefficient (Wildman–Crippen LogP) is 2.37. The molecule has 0 radical (unpaired) electrons. The molecule has 0 N–H and O–H groups in total. The van der Waals surface area contributed by atoms with Crippen molar-refractivity contribution in [1.82, 2.24) is 0 Å². The zero-order valence-corrected chi connectivity index (χ0v) is 9.59. The van der Waals surface area contributed by atoms with Gasteiger partial charge < -0.3 is 0 Å². The van der Waals surface area contributed by atoms with Crippen molar-refractivity contribution >= 4 is 12.2 Å². The maximum atomic E-state index is 9.11. The second-order valence-electron chi connectivity index (χ2n) is 2.29. The van der Waals surface area contributed by atoms with Crippen LogP contribution in [-0.4, -0.2) is 25.2 Å². The molecular formula is C12H16N2O2. The first-order valence-electron chi connectivity index (χ1n) is 4.90. The van der Waals surface area contributed by atoms with Crippen LogP contribution in [0.1, 0.15) is 13.8 Å². The van der Waals surface area contributed by atoms with Crippen LogP contribution in [0.5, 0.6) is 0 Å². The molecule has 1 rings (SSSR count). The number of isocyanates is 2. The fourth-order valence-electron chi connectivity index (χ4n) is 0.514. The Morgan fingerprint density at radius 2 is 1.00 bits per heavy atom.